The Balaban J connectivity index is 4.40. The lowest BCUT2D eigenvalue weighted by atomic mass is 10.2. The Morgan fingerprint density at radius 3 is 1.44 bits per heavy atom. The molecule has 0 saturated carbocycles. The Morgan fingerprint density at radius 1 is 1.11 bits per heavy atom. The third-order valence-corrected chi connectivity index (χ3v) is 1.01. The first-order valence-electron chi connectivity index (χ1n) is 2.65. The zero-order valence-corrected chi connectivity index (χ0v) is 5.81. The molecule has 0 aliphatic rings. The first-order chi connectivity index (χ1) is 3.85. The van der Waals surface area contributed by atoms with Crippen LogP contribution in [0.4, 0.5) is 0 Å². The maximum atomic E-state index is 5.40. The van der Waals surface area contributed by atoms with Gasteiger partial charge in [0, 0.05) is 0 Å². The van der Waals surface area contributed by atoms with Crippen molar-refractivity contribution in [2.75, 3.05) is 0 Å². The molecule has 0 spiro atoms. The summed E-state index contributed by atoms with van der Waals surface area (Å²) in [6.07, 6.45) is 0. The van der Waals surface area contributed by atoms with Crippen LogP contribution < -0.4 is 22.9 Å². The van der Waals surface area contributed by atoms with Gasteiger partial charge in [0.15, 0.2) is 5.79 Å². The van der Waals surface area contributed by atoms with Gasteiger partial charge in [-0.05, 0) is 13.8 Å². The minimum Gasteiger partial charge on any atom is -0.398 e. The van der Waals surface area contributed by atoms with Gasteiger partial charge in [0.05, 0.1) is 5.70 Å². The standard InChI is InChI=1S/C5H14N4/c1-3(2)4(6)5(7,8)9/h6-9H2,1-2H3. The van der Waals surface area contributed by atoms with Crippen LogP contribution in [0.1, 0.15) is 13.8 Å². The van der Waals surface area contributed by atoms with Gasteiger partial charge in [0.2, 0.25) is 0 Å². The molecule has 9 heavy (non-hydrogen) atoms. The van der Waals surface area contributed by atoms with Crippen molar-refractivity contribution in [2.45, 2.75) is 19.6 Å². The monoisotopic (exact) mass is 130 g/mol. The van der Waals surface area contributed by atoms with Crippen molar-refractivity contribution in [3.8, 4) is 0 Å². The van der Waals surface area contributed by atoms with Crippen LogP contribution in [-0.4, -0.2) is 5.79 Å². The molecular weight excluding hydrogens is 116 g/mol. The number of hydrogen-bond acceptors (Lipinski definition) is 4. The molecule has 0 rings (SSSR count). The molecule has 0 saturated heterocycles. The third kappa shape index (κ3) is 2.46. The van der Waals surface area contributed by atoms with E-state index in [1.54, 1.807) is 13.8 Å². The van der Waals surface area contributed by atoms with Crippen LogP contribution in [0, 0.1) is 0 Å². The summed E-state index contributed by atoms with van der Waals surface area (Å²) in [7, 11) is 0. The maximum absolute atomic E-state index is 5.40. The van der Waals surface area contributed by atoms with E-state index < -0.39 is 5.79 Å². The van der Waals surface area contributed by atoms with Crippen molar-refractivity contribution < 1.29 is 0 Å². The highest BCUT2D eigenvalue weighted by molar-refractivity contribution is 5.15. The van der Waals surface area contributed by atoms with Crippen molar-refractivity contribution >= 4 is 0 Å². The molecule has 0 radical (unpaired) electrons. The molecule has 0 atom stereocenters. The second-order valence-electron chi connectivity index (χ2n) is 2.35. The Bertz CT molecular complexity index is 126. The summed E-state index contributed by atoms with van der Waals surface area (Å²) in [6, 6.07) is 0. The first kappa shape index (κ1) is 8.42. The maximum Gasteiger partial charge on any atom is 0.157 e. The zero-order chi connectivity index (χ0) is 7.65. The minimum absolute atomic E-state index is 0.336. The van der Waals surface area contributed by atoms with Crippen LogP contribution in [0.2, 0.25) is 0 Å². The summed E-state index contributed by atoms with van der Waals surface area (Å²) < 4.78 is 0. The molecule has 8 N–H and O–H groups in total. The molecule has 0 amide bonds. The second kappa shape index (κ2) is 2.34. The zero-order valence-electron chi connectivity index (χ0n) is 5.81. The van der Waals surface area contributed by atoms with Gasteiger partial charge in [-0.1, -0.05) is 5.57 Å². The summed E-state index contributed by atoms with van der Waals surface area (Å²) >= 11 is 0. The van der Waals surface area contributed by atoms with Crippen molar-refractivity contribution in [2.24, 2.45) is 22.9 Å². The van der Waals surface area contributed by atoms with Crippen LogP contribution in [-0.2, 0) is 0 Å². The lowest BCUT2D eigenvalue weighted by Crippen LogP contribution is -2.61. The fraction of sp³-hybridized carbons (Fsp3) is 0.600. The SMILES string of the molecule is CC(C)=C(N)C(N)(N)N. The van der Waals surface area contributed by atoms with Gasteiger partial charge in [0.1, 0.15) is 0 Å². The van der Waals surface area contributed by atoms with Crippen LogP contribution in [0.15, 0.2) is 11.3 Å². The molecule has 0 aliphatic carbocycles. The smallest absolute Gasteiger partial charge is 0.157 e. The number of rotatable bonds is 1. The van der Waals surface area contributed by atoms with Gasteiger partial charge in [-0.25, -0.2) is 0 Å². The Kier molecular flexibility index (Phi) is 2.19. The predicted molar refractivity (Wildman–Crippen MR) is 37.9 cm³/mol. The summed E-state index contributed by atoms with van der Waals surface area (Å²) in [5.74, 6) is -1.36. The first-order valence-corrected chi connectivity index (χ1v) is 2.65. The molecule has 4 nitrogen and oxygen atoms in total. The largest absolute Gasteiger partial charge is 0.398 e. The number of allylic oxidation sites excluding steroid dienone is 1. The van der Waals surface area contributed by atoms with E-state index in [-0.39, 0.29) is 0 Å². The molecule has 0 fully saturated rings. The van der Waals surface area contributed by atoms with E-state index in [0.29, 0.717) is 5.70 Å². The van der Waals surface area contributed by atoms with Crippen LogP contribution >= 0.6 is 0 Å². The van der Waals surface area contributed by atoms with Crippen molar-refractivity contribution in [3.63, 3.8) is 0 Å². The van der Waals surface area contributed by atoms with Gasteiger partial charge in [-0.3, -0.25) is 17.2 Å². The van der Waals surface area contributed by atoms with Crippen LogP contribution in [0.3, 0.4) is 0 Å². The molecule has 0 aromatic rings. The fourth-order valence-corrected chi connectivity index (χ4v) is 0.433. The Morgan fingerprint density at radius 2 is 1.44 bits per heavy atom. The van der Waals surface area contributed by atoms with E-state index in [1.807, 2.05) is 0 Å². The molecule has 0 aromatic heterocycles. The van der Waals surface area contributed by atoms with Gasteiger partial charge >= 0.3 is 0 Å². The lowest BCUT2D eigenvalue weighted by Gasteiger charge is -2.20. The van der Waals surface area contributed by atoms with Crippen LogP contribution in [0.5, 0.6) is 0 Å². The van der Waals surface area contributed by atoms with E-state index in [1.165, 1.54) is 0 Å². The number of hydrogen-bond donors (Lipinski definition) is 4. The van der Waals surface area contributed by atoms with E-state index in [4.69, 9.17) is 22.9 Å². The highest BCUT2D eigenvalue weighted by Gasteiger charge is 2.15. The van der Waals surface area contributed by atoms with Gasteiger partial charge < -0.3 is 5.73 Å². The molecule has 4 heteroatoms. The Labute approximate surface area is 54.9 Å². The van der Waals surface area contributed by atoms with Crippen molar-refractivity contribution in [1.29, 1.82) is 0 Å². The summed E-state index contributed by atoms with van der Waals surface area (Å²) in [6.45, 7) is 3.60. The van der Waals surface area contributed by atoms with Gasteiger partial charge in [-0.2, -0.15) is 0 Å². The van der Waals surface area contributed by atoms with Crippen LogP contribution in [0.25, 0.3) is 0 Å². The van der Waals surface area contributed by atoms with Gasteiger partial charge in [0.25, 0.3) is 0 Å². The predicted octanol–water partition coefficient (Wildman–Crippen LogP) is -1.23. The minimum atomic E-state index is -1.36. The van der Waals surface area contributed by atoms with Crippen molar-refractivity contribution in [3.05, 3.63) is 11.3 Å². The molecule has 54 valence electrons. The summed E-state index contributed by atoms with van der Waals surface area (Å²) in [5.41, 5.74) is 22.3. The average molecular weight is 130 g/mol. The van der Waals surface area contributed by atoms with Gasteiger partial charge in [-0.15, -0.1) is 0 Å². The quantitative estimate of drug-likeness (QED) is 0.333. The molecule has 0 bridgehead atoms. The third-order valence-electron chi connectivity index (χ3n) is 1.01. The lowest BCUT2D eigenvalue weighted by molar-refractivity contribution is 0.533. The highest BCUT2D eigenvalue weighted by Crippen LogP contribution is 1.99. The average Bonchev–Trinajstić information content (AvgIpc) is 1.62. The second-order valence-corrected chi connectivity index (χ2v) is 2.35. The van der Waals surface area contributed by atoms with E-state index in [2.05, 4.69) is 0 Å². The topological polar surface area (TPSA) is 104 Å². The molecule has 0 aliphatic heterocycles. The summed E-state index contributed by atoms with van der Waals surface area (Å²) in [4.78, 5) is 0. The summed E-state index contributed by atoms with van der Waals surface area (Å²) in [5, 5.41) is 0. The van der Waals surface area contributed by atoms with E-state index in [9.17, 15) is 0 Å². The van der Waals surface area contributed by atoms with Crippen molar-refractivity contribution in [1.82, 2.24) is 0 Å². The van der Waals surface area contributed by atoms with E-state index >= 15 is 0 Å². The molecule has 0 aromatic carbocycles. The van der Waals surface area contributed by atoms with E-state index in [0.717, 1.165) is 5.57 Å². The fourth-order valence-electron chi connectivity index (χ4n) is 0.433. The highest BCUT2D eigenvalue weighted by atomic mass is 15.1. The Hall–Kier alpha value is -0.580. The normalized spacial score (nSPS) is 11.2. The molecular formula is C5H14N4. The number of nitrogens with two attached hydrogens (primary N) is 4. The molecule has 0 heterocycles. The molecule has 0 unspecified atom stereocenters.